The first-order chi connectivity index (χ1) is 8.75. The van der Waals surface area contributed by atoms with Gasteiger partial charge in [-0.1, -0.05) is 11.6 Å². The Morgan fingerprint density at radius 1 is 1.28 bits per heavy atom. The number of rotatable bonds is 3. The van der Waals surface area contributed by atoms with Gasteiger partial charge in [0, 0.05) is 6.07 Å². The molecule has 2 rings (SSSR count). The minimum absolute atomic E-state index is 0.0644. The van der Waals surface area contributed by atoms with Crippen LogP contribution < -0.4 is 4.74 Å². The second-order valence-corrected chi connectivity index (χ2v) is 3.66. The molecule has 0 aromatic heterocycles. The number of halogens is 3. The van der Waals surface area contributed by atoms with Gasteiger partial charge in [0.15, 0.2) is 0 Å². The van der Waals surface area contributed by atoms with E-state index in [1.807, 2.05) is 24.3 Å². The molecule has 0 fully saturated rings. The van der Waals surface area contributed by atoms with E-state index in [1.165, 1.54) is 28.5 Å². The van der Waals surface area contributed by atoms with Crippen LogP contribution in [0.25, 0.3) is 0 Å². The van der Waals surface area contributed by atoms with E-state index < -0.39 is 5.82 Å². The molecule has 0 atom stereocenters. The molecular formula is C13H9BrClFOZn. The zero-order chi connectivity index (χ0) is 13.4. The molecule has 0 heterocycles. The molecule has 0 aliphatic carbocycles. The average Bonchev–Trinajstić information content (AvgIpc) is 2.44. The van der Waals surface area contributed by atoms with Crippen molar-refractivity contribution in [2.24, 2.45) is 0 Å². The van der Waals surface area contributed by atoms with Crippen molar-refractivity contribution < 1.29 is 25.5 Å². The van der Waals surface area contributed by atoms with Crippen molar-refractivity contribution >= 4 is 25.2 Å². The van der Waals surface area contributed by atoms with E-state index in [1.54, 1.807) is 6.07 Å². The molecule has 90 valence electrons. The Kier molecular flexibility index (Phi) is 7.49. The molecule has 0 bridgehead atoms. The monoisotopic (exact) mass is 378 g/mol. The van der Waals surface area contributed by atoms with Gasteiger partial charge < -0.3 is 4.74 Å². The van der Waals surface area contributed by atoms with E-state index in [2.05, 4.69) is 19.7 Å². The molecule has 2 aromatic rings. The van der Waals surface area contributed by atoms with Gasteiger partial charge in [-0.3, -0.25) is 0 Å². The standard InChI is InChI=1S/C13H9ClFO.BrH.Zn/c14-12-8-11(6-7-13(12)15)16-9-10-4-2-1-3-5-10;;/h1-4,6-8H,9H2;1H;/q-1;;+2/p-1. The van der Waals surface area contributed by atoms with Crippen molar-refractivity contribution in [2.45, 2.75) is 6.61 Å². The molecule has 0 N–H and O–H groups in total. The van der Waals surface area contributed by atoms with Crippen LogP contribution in [0.5, 0.6) is 5.75 Å². The van der Waals surface area contributed by atoms with Crippen molar-refractivity contribution in [3.05, 3.63) is 64.9 Å². The van der Waals surface area contributed by atoms with Gasteiger partial charge in [0.1, 0.15) is 11.6 Å². The number of ether oxygens (including phenoxy) is 1. The van der Waals surface area contributed by atoms with Gasteiger partial charge >= 0.3 is 30.0 Å². The van der Waals surface area contributed by atoms with Crippen molar-refractivity contribution in [1.82, 2.24) is 0 Å². The van der Waals surface area contributed by atoms with E-state index in [9.17, 15) is 4.39 Å². The quantitative estimate of drug-likeness (QED) is 0.554. The molecule has 0 amide bonds. The second kappa shape index (κ2) is 8.63. The molecule has 0 unspecified atom stereocenters. The third-order valence-corrected chi connectivity index (χ3v) is 2.35. The molecular weight excluding hydrogens is 372 g/mol. The molecule has 0 radical (unpaired) electrons. The first-order valence-corrected chi connectivity index (χ1v) is 12.4. The summed E-state index contributed by atoms with van der Waals surface area (Å²) >= 11 is 9.88. The van der Waals surface area contributed by atoms with Gasteiger partial charge in [-0.2, -0.15) is 30.3 Å². The van der Waals surface area contributed by atoms with Crippen LogP contribution in [0.15, 0.2) is 42.5 Å². The van der Waals surface area contributed by atoms with Crippen LogP contribution in [0, 0.1) is 11.9 Å². The third-order valence-electron chi connectivity index (χ3n) is 2.06. The fraction of sp³-hybridized carbons (Fsp3) is 0.0769. The molecule has 0 saturated heterocycles. The van der Waals surface area contributed by atoms with Crippen LogP contribution in [0.3, 0.4) is 0 Å². The Bertz CT molecular complexity index is 482. The molecule has 0 aliphatic rings. The number of hydrogen-bond acceptors (Lipinski definition) is 1. The zero-order valence-corrected chi connectivity index (χ0v) is 14.8. The van der Waals surface area contributed by atoms with Gasteiger partial charge in [0.05, 0.1) is 11.6 Å². The van der Waals surface area contributed by atoms with Crippen LogP contribution in [-0.4, -0.2) is 0 Å². The Labute approximate surface area is 127 Å². The van der Waals surface area contributed by atoms with Crippen molar-refractivity contribution in [2.75, 3.05) is 0 Å². The summed E-state index contributed by atoms with van der Waals surface area (Å²) in [5.74, 6) is 0.101. The maximum atomic E-state index is 12.9. The molecule has 0 aliphatic heterocycles. The summed E-state index contributed by atoms with van der Waals surface area (Å²) in [4.78, 5) is 0. The molecule has 5 heteroatoms. The maximum absolute atomic E-state index is 12.9. The van der Waals surface area contributed by atoms with Gasteiger partial charge in [-0.25, -0.2) is 4.39 Å². The van der Waals surface area contributed by atoms with E-state index in [-0.39, 0.29) is 5.02 Å². The first-order valence-electron chi connectivity index (χ1n) is 5.06. The van der Waals surface area contributed by atoms with E-state index >= 15 is 0 Å². The summed E-state index contributed by atoms with van der Waals surface area (Å²) in [6, 6.07) is 14.8. The fourth-order valence-electron chi connectivity index (χ4n) is 1.25. The Morgan fingerprint density at radius 2 is 2.06 bits per heavy atom. The van der Waals surface area contributed by atoms with Crippen LogP contribution in [0.4, 0.5) is 4.39 Å². The van der Waals surface area contributed by atoms with Gasteiger partial charge in [-0.05, 0) is 12.1 Å². The Morgan fingerprint density at radius 3 is 2.67 bits per heavy atom. The topological polar surface area (TPSA) is 9.23 Å². The molecule has 1 nitrogen and oxygen atoms in total. The van der Waals surface area contributed by atoms with Crippen LogP contribution in [0.1, 0.15) is 5.56 Å². The predicted octanol–water partition coefficient (Wildman–Crippen LogP) is 4.70. The molecule has 0 spiro atoms. The Balaban J connectivity index is 0.000000771. The Hall–Kier alpha value is -0.437. The predicted molar refractivity (Wildman–Crippen MR) is 69.9 cm³/mol. The summed E-state index contributed by atoms with van der Waals surface area (Å²) in [5, 5.41) is 0.0644. The van der Waals surface area contributed by atoms with Gasteiger partial charge in [-0.15, -0.1) is 5.56 Å². The zero-order valence-electron chi connectivity index (χ0n) is 9.50. The molecule has 2 aromatic carbocycles. The normalized spacial score (nSPS) is 9.39. The first kappa shape index (κ1) is 15.6. The molecule has 0 saturated carbocycles. The third kappa shape index (κ3) is 5.05. The number of benzene rings is 2. The summed E-state index contributed by atoms with van der Waals surface area (Å²) in [6.07, 6.45) is 0. The van der Waals surface area contributed by atoms with Crippen LogP contribution in [-0.2, 0) is 22.9 Å². The SMILES string of the molecule is Fc1ccc(OCc2[c-]cccc2)cc1Cl.[Zn+][Br]. The van der Waals surface area contributed by atoms with E-state index in [0.717, 1.165) is 5.56 Å². The van der Waals surface area contributed by atoms with Gasteiger partial charge in [0.25, 0.3) is 0 Å². The summed E-state index contributed by atoms with van der Waals surface area (Å²) in [7, 11) is 0. The minimum atomic E-state index is -0.444. The van der Waals surface area contributed by atoms with Crippen LogP contribution >= 0.6 is 25.2 Å². The van der Waals surface area contributed by atoms with E-state index in [0.29, 0.717) is 12.4 Å². The van der Waals surface area contributed by atoms with Crippen molar-refractivity contribution in [3.8, 4) is 5.75 Å². The number of hydrogen-bond donors (Lipinski definition) is 0. The summed E-state index contributed by atoms with van der Waals surface area (Å²) < 4.78 is 18.3. The summed E-state index contributed by atoms with van der Waals surface area (Å²) in [5.41, 5.74) is 0.933. The average molecular weight is 381 g/mol. The fourth-order valence-corrected chi connectivity index (χ4v) is 1.42. The van der Waals surface area contributed by atoms with Crippen LogP contribution in [0.2, 0.25) is 5.02 Å². The molecule has 18 heavy (non-hydrogen) atoms. The van der Waals surface area contributed by atoms with Crippen molar-refractivity contribution in [3.63, 3.8) is 0 Å². The summed E-state index contributed by atoms with van der Waals surface area (Å²) in [6.45, 7) is 0.392. The van der Waals surface area contributed by atoms with Crippen molar-refractivity contribution in [1.29, 1.82) is 0 Å². The van der Waals surface area contributed by atoms with E-state index in [4.69, 9.17) is 16.3 Å². The van der Waals surface area contributed by atoms with Gasteiger partial charge in [0.2, 0.25) is 0 Å². The second-order valence-electron chi connectivity index (χ2n) is 3.25.